The zero-order valence-electron chi connectivity index (χ0n) is 20.1. The van der Waals surface area contributed by atoms with Gasteiger partial charge in [-0.15, -0.1) is 0 Å². The van der Waals surface area contributed by atoms with E-state index in [-0.39, 0.29) is 17.9 Å². The molecule has 2 amide bonds. The predicted octanol–water partition coefficient (Wildman–Crippen LogP) is 5.37. The summed E-state index contributed by atoms with van der Waals surface area (Å²) in [5, 5.41) is 3.81. The number of rotatable bonds is 12. The largest absolute Gasteiger partial charge is 0.497 e. The van der Waals surface area contributed by atoms with Crippen molar-refractivity contribution in [2.45, 2.75) is 70.5 Å². The van der Waals surface area contributed by atoms with E-state index >= 15 is 0 Å². The smallest absolute Gasteiger partial charge is 0.243 e. The number of amides is 2. The maximum Gasteiger partial charge on any atom is 0.243 e. The Balaban J connectivity index is 1.62. The highest BCUT2D eigenvalue weighted by Crippen LogP contribution is 2.21. The van der Waals surface area contributed by atoms with E-state index < -0.39 is 6.04 Å². The summed E-state index contributed by atoms with van der Waals surface area (Å²) >= 11 is 6.03. The molecule has 0 aliphatic heterocycles. The van der Waals surface area contributed by atoms with Crippen LogP contribution >= 0.6 is 11.6 Å². The number of nitrogens with zero attached hydrogens (tertiary/aromatic N) is 1. The van der Waals surface area contributed by atoms with Gasteiger partial charge in [-0.3, -0.25) is 9.59 Å². The second-order valence-electron chi connectivity index (χ2n) is 8.69. The second kappa shape index (κ2) is 13.2. The number of benzene rings is 2. The van der Waals surface area contributed by atoms with Gasteiger partial charge >= 0.3 is 0 Å². The minimum absolute atomic E-state index is 0.0540. The Hall–Kier alpha value is -2.73. The summed E-state index contributed by atoms with van der Waals surface area (Å²) in [5.41, 5.74) is 0.944. The minimum atomic E-state index is -0.508. The molecule has 0 unspecified atom stereocenters. The molecule has 2 aromatic carbocycles. The first kappa shape index (κ1) is 25.9. The molecule has 184 valence electrons. The summed E-state index contributed by atoms with van der Waals surface area (Å²) in [5.74, 6) is 1.38. The molecule has 1 N–H and O–H groups in total. The van der Waals surface area contributed by atoms with Crippen LogP contribution < -0.4 is 14.8 Å². The molecule has 1 aliphatic carbocycles. The SMILES string of the molecule is CC[C@H](C(=O)NC1CCCC1)N(Cc1ccc(Cl)cc1)C(=O)CCCOc1ccc(OC)cc1. The Morgan fingerprint density at radius 2 is 1.71 bits per heavy atom. The fraction of sp³-hybridized carbons (Fsp3) is 0.481. The monoisotopic (exact) mass is 486 g/mol. The molecule has 1 atom stereocenters. The third kappa shape index (κ3) is 7.66. The lowest BCUT2D eigenvalue weighted by Gasteiger charge is -2.31. The molecule has 6 nitrogen and oxygen atoms in total. The van der Waals surface area contributed by atoms with Gasteiger partial charge in [-0.2, -0.15) is 0 Å². The lowest BCUT2D eigenvalue weighted by atomic mass is 10.1. The van der Waals surface area contributed by atoms with Crippen LogP contribution in [-0.4, -0.2) is 42.5 Å². The highest BCUT2D eigenvalue weighted by Gasteiger charge is 2.30. The van der Waals surface area contributed by atoms with E-state index in [4.69, 9.17) is 21.1 Å². The van der Waals surface area contributed by atoms with Crippen LogP contribution in [-0.2, 0) is 16.1 Å². The van der Waals surface area contributed by atoms with Crippen LogP contribution in [0.3, 0.4) is 0 Å². The van der Waals surface area contributed by atoms with E-state index in [2.05, 4.69) is 5.32 Å². The average molecular weight is 487 g/mol. The Kier molecular flexibility index (Phi) is 10.1. The maximum absolute atomic E-state index is 13.3. The average Bonchev–Trinajstić information content (AvgIpc) is 3.36. The van der Waals surface area contributed by atoms with E-state index in [0.717, 1.165) is 42.7 Å². The molecule has 1 fully saturated rings. The Labute approximate surface area is 207 Å². The maximum atomic E-state index is 13.3. The zero-order chi connectivity index (χ0) is 24.3. The lowest BCUT2D eigenvalue weighted by molar-refractivity contribution is -0.141. The summed E-state index contributed by atoms with van der Waals surface area (Å²) in [6.07, 6.45) is 5.72. The van der Waals surface area contributed by atoms with Crippen molar-refractivity contribution in [3.05, 3.63) is 59.1 Å². The molecule has 2 aromatic rings. The van der Waals surface area contributed by atoms with Crippen molar-refractivity contribution in [3.63, 3.8) is 0 Å². The van der Waals surface area contributed by atoms with E-state index in [1.165, 1.54) is 0 Å². The number of halogens is 1. The van der Waals surface area contributed by atoms with Gasteiger partial charge in [-0.25, -0.2) is 0 Å². The summed E-state index contributed by atoms with van der Waals surface area (Å²) in [4.78, 5) is 28.1. The molecule has 3 rings (SSSR count). The third-order valence-electron chi connectivity index (χ3n) is 6.22. The molecule has 0 heterocycles. The van der Waals surface area contributed by atoms with E-state index in [1.807, 2.05) is 55.5 Å². The first-order valence-electron chi connectivity index (χ1n) is 12.1. The van der Waals surface area contributed by atoms with Crippen molar-refractivity contribution < 1.29 is 19.1 Å². The molecule has 0 spiro atoms. The van der Waals surface area contributed by atoms with Crippen LogP contribution in [0.15, 0.2) is 48.5 Å². The topological polar surface area (TPSA) is 67.9 Å². The van der Waals surface area contributed by atoms with Gasteiger partial charge in [0.25, 0.3) is 0 Å². The number of carbonyl (C=O) groups is 2. The number of ether oxygens (including phenoxy) is 2. The molecule has 34 heavy (non-hydrogen) atoms. The van der Waals surface area contributed by atoms with Crippen LogP contribution in [0.1, 0.15) is 57.4 Å². The molecule has 0 aromatic heterocycles. The molecule has 1 saturated carbocycles. The fourth-order valence-electron chi connectivity index (χ4n) is 4.30. The highest BCUT2D eigenvalue weighted by molar-refractivity contribution is 6.30. The van der Waals surface area contributed by atoms with Gasteiger partial charge in [0.2, 0.25) is 11.8 Å². The Morgan fingerprint density at radius 3 is 2.32 bits per heavy atom. The number of nitrogens with one attached hydrogen (secondary N) is 1. The van der Waals surface area contributed by atoms with Crippen LogP contribution in [0.25, 0.3) is 0 Å². The van der Waals surface area contributed by atoms with Gasteiger partial charge in [0.05, 0.1) is 13.7 Å². The van der Waals surface area contributed by atoms with Crippen molar-refractivity contribution in [3.8, 4) is 11.5 Å². The first-order chi connectivity index (χ1) is 16.5. The van der Waals surface area contributed by atoms with Gasteiger partial charge in [0.15, 0.2) is 0 Å². The molecular formula is C27H35ClN2O4. The normalized spacial score (nSPS) is 14.4. The van der Waals surface area contributed by atoms with Crippen molar-refractivity contribution in [2.24, 2.45) is 0 Å². The fourth-order valence-corrected chi connectivity index (χ4v) is 4.43. The van der Waals surface area contributed by atoms with Gasteiger partial charge in [-0.1, -0.05) is 43.5 Å². The zero-order valence-corrected chi connectivity index (χ0v) is 20.9. The van der Waals surface area contributed by atoms with Crippen LogP contribution in [0.4, 0.5) is 0 Å². The molecule has 0 bridgehead atoms. The van der Waals surface area contributed by atoms with Crippen molar-refractivity contribution in [1.29, 1.82) is 0 Å². The standard InChI is InChI=1S/C27H35ClN2O4/c1-3-25(27(32)29-22-7-4-5-8-22)30(19-20-10-12-21(28)13-11-20)26(31)9-6-18-34-24-16-14-23(33-2)15-17-24/h10-17,22,25H,3-9,18-19H2,1-2H3,(H,29,32)/t25-/m1/s1. The number of hydrogen-bond acceptors (Lipinski definition) is 4. The molecule has 7 heteroatoms. The van der Waals surface area contributed by atoms with Gasteiger partial charge in [-0.05, 0) is 67.6 Å². The first-order valence-corrected chi connectivity index (χ1v) is 12.5. The van der Waals surface area contributed by atoms with Crippen LogP contribution in [0.2, 0.25) is 5.02 Å². The Bertz CT molecular complexity index is 911. The van der Waals surface area contributed by atoms with E-state index in [1.54, 1.807) is 12.0 Å². The third-order valence-corrected chi connectivity index (χ3v) is 6.47. The van der Waals surface area contributed by atoms with Gasteiger partial charge in [0, 0.05) is 24.0 Å². The lowest BCUT2D eigenvalue weighted by Crippen LogP contribution is -2.50. The summed E-state index contributed by atoms with van der Waals surface area (Å²) in [6, 6.07) is 14.5. The van der Waals surface area contributed by atoms with Crippen molar-refractivity contribution in [2.75, 3.05) is 13.7 Å². The van der Waals surface area contributed by atoms with Gasteiger partial charge in [0.1, 0.15) is 17.5 Å². The van der Waals surface area contributed by atoms with Crippen LogP contribution in [0, 0.1) is 0 Å². The quantitative estimate of drug-likeness (QED) is 0.409. The number of methoxy groups -OCH3 is 1. The molecular weight excluding hydrogens is 452 g/mol. The summed E-state index contributed by atoms with van der Waals surface area (Å²) < 4.78 is 10.9. The number of carbonyl (C=O) groups excluding carboxylic acids is 2. The van der Waals surface area contributed by atoms with Gasteiger partial charge < -0.3 is 19.7 Å². The summed E-state index contributed by atoms with van der Waals surface area (Å²) in [7, 11) is 1.62. The minimum Gasteiger partial charge on any atom is -0.497 e. The number of hydrogen-bond donors (Lipinski definition) is 1. The van der Waals surface area contributed by atoms with E-state index in [0.29, 0.717) is 37.4 Å². The molecule has 0 saturated heterocycles. The molecule has 1 aliphatic rings. The highest BCUT2D eigenvalue weighted by atomic mass is 35.5. The van der Waals surface area contributed by atoms with E-state index in [9.17, 15) is 9.59 Å². The second-order valence-corrected chi connectivity index (χ2v) is 9.13. The van der Waals surface area contributed by atoms with Crippen molar-refractivity contribution in [1.82, 2.24) is 10.2 Å². The summed E-state index contributed by atoms with van der Waals surface area (Å²) in [6.45, 7) is 2.73. The molecule has 0 radical (unpaired) electrons. The predicted molar refractivity (Wildman–Crippen MR) is 134 cm³/mol. The van der Waals surface area contributed by atoms with Crippen LogP contribution in [0.5, 0.6) is 11.5 Å². The Morgan fingerprint density at radius 1 is 1.06 bits per heavy atom. The van der Waals surface area contributed by atoms with Crippen molar-refractivity contribution >= 4 is 23.4 Å².